The fourth-order valence-electron chi connectivity index (χ4n) is 2.47. The fraction of sp³-hybridized carbons (Fsp3) is 0.0625. The van der Waals surface area contributed by atoms with Crippen LogP contribution < -0.4 is 11.5 Å². The molecule has 0 spiro atoms. The summed E-state index contributed by atoms with van der Waals surface area (Å²) in [6.45, 7) is 0.466. The van der Waals surface area contributed by atoms with Crippen LogP contribution in [0.3, 0.4) is 0 Å². The number of hydrogen-bond donors (Lipinski definition) is 3. The lowest BCUT2D eigenvalue weighted by atomic mass is 10.0. The smallest absolute Gasteiger partial charge is 0.250 e. The van der Waals surface area contributed by atoms with Crippen LogP contribution in [0.1, 0.15) is 15.9 Å². The van der Waals surface area contributed by atoms with Crippen molar-refractivity contribution in [1.82, 2.24) is 4.98 Å². The van der Waals surface area contributed by atoms with Crippen LogP contribution in [0.15, 0.2) is 48.5 Å². The molecule has 0 aliphatic rings. The molecule has 4 nitrogen and oxygen atoms in total. The third-order valence-corrected chi connectivity index (χ3v) is 3.45. The summed E-state index contributed by atoms with van der Waals surface area (Å²) in [4.78, 5) is 14.7. The van der Waals surface area contributed by atoms with Crippen LogP contribution in [0.25, 0.3) is 22.2 Å². The Morgan fingerprint density at radius 2 is 1.90 bits per heavy atom. The number of amides is 1. The van der Waals surface area contributed by atoms with Gasteiger partial charge >= 0.3 is 0 Å². The van der Waals surface area contributed by atoms with Crippen LogP contribution in [0.2, 0.25) is 0 Å². The minimum atomic E-state index is -0.434. The highest BCUT2D eigenvalue weighted by atomic mass is 16.1. The number of rotatable bonds is 3. The second-order valence-corrected chi connectivity index (χ2v) is 4.68. The fourth-order valence-corrected chi connectivity index (χ4v) is 2.47. The molecular weight excluding hydrogens is 250 g/mol. The first kappa shape index (κ1) is 12.4. The van der Waals surface area contributed by atoms with Crippen molar-refractivity contribution in [2.24, 2.45) is 11.5 Å². The number of hydrogen-bond acceptors (Lipinski definition) is 2. The molecule has 3 rings (SSSR count). The van der Waals surface area contributed by atoms with Gasteiger partial charge in [-0.3, -0.25) is 4.79 Å². The van der Waals surface area contributed by atoms with E-state index >= 15 is 0 Å². The molecule has 1 amide bonds. The molecule has 0 aliphatic heterocycles. The molecule has 0 radical (unpaired) electrons. The lowest BCUT2D eigenvalue weighted by Crippen LogP contribution is -2.11. The van der Waals surface area contributed by atoms with Gasteiger partial charge in [0.15, 0.2) is 0 Å². The van der Waals surface area contributed by atoms with Gasteiger partial charge in [0.25, 0.3) is 5.91 Å². The summed E-state index contributed by atoms with van der Waals surface area (Å²) in [7, 11) is 0. The van der Waals surface area contributed by atoms with E-state index in [-0.39, 0.29) is 0 Å². The normalized spacial score (nSPS) is 10.8. The summed E-state index contributed by atoms with van der Waals surface area (Å²) in [6.07, 6.45) is 0. The van der Waals surface area contributed by atoms with Gasteiger partial charge in [-0.15, -0.1) is 0 Å². The molecule has 4 heteroatoms. The van der Waals surface area contributed by atoms with Crippen molar-refractivity contribution in [3.8, 4) is 11.3 Å². The predicted octanol–water partition coefficient (Wildman–Crippen LogP) is 2.39. The van der Waals surface area contributed by atoms with E-state index in [4.69, 9.17) is 11.5 Å². The van der Waals surface area contributed by atoms with Crippen LogP contribution in [0.4, 0.5) is 0 Å². The molecule has 0 fully saturated rings. The zero-order valence-electron chi connectivity index (χ0n) is 10.9. The van der Waals surface area contributed by atoms with Crippen molar-refractivity contribution < 1.29 is 4.79 Å². The number of aromatic nitrogens is 1. The van der Waals surface area contributed by atoms with E-state index in [1.54, 1.807) is 6.07 Å². The highest BCUT2D eigenvalue weighted by Crippen LogP contribution is 2.28. The number of aromatic amines is 1. The number of nitrogens with two attached hydrogens (primary N) is 2. The Balaban J connectivity index is 2.23. The summed E-state index contributed by atoms with van der Waals surface area (Å²) in [5.74, 6) is -0.434. The predicted molar refractivity (Wildman–Crippen MR) is 80.1 cm³/mol. The van der Waals surface area contributed by atoms with Crippen LogP contribution >= 0.6 is 0 Å². The van der Waals surface area contributed by atoms with Gasteiger partial charge in [0.1, 0.15) is 0 Å². The van der Waals surface area contributed by atoms with E-state index < -0.39 is 5.91 Å². The molecule has 100 valence electrons. The molecular formula is C16H15N3O. The first-order valence-corrected chi connectivity index (χ1v) is 6.40. The van der Waals surface area contributed by atoms with E-state index in [2.05, 4.69) is 4.98 Å². The van der Waals surface area contributed by atoms with E-state index in [1.807, 2.05) is 42.5 Å². The van der Waals surface area contributed by atoms with Crippen molar-refractivity contribution in [3.63, 3.8) is 0 Å². The zero-order valence-corrected chi connectivity index (χ0v) is 10.9. The number of carbonyl (C=O) groups excluding carboxylic acids is 1. The Hall–Kier alpha value is -2.59. The summed E-state index contributed by atoms with van der Waals surface area (Å²) in [6, 6.07) is 15.4. The van der Waals surface area contributed by atoms with Gasteiger partial charge in [-0.05, 0) is 17.7 Å². The summed E-state index contributed by atoms with van der Waals surface area (Å²) in [5.41, 5.74) is 15.5. The molecule has 0 saturated heterocycles. The Morgan fingerprint density at radius 1 is 1.10 bits per heavy atom. The number of primary amides is 1. The topological polar surface area (TPSA) is 84.9 Å². The summed E-state index contributed by atoms with van der Waals surface area (Å²) < 4.78 is 0. The SMILES string of the molecule is NCc1ccccc1-c1cc2cccc(C(N)=O)c2[nH]1. The lowest BCUT2D eigenvalue weighted by Gasteiger charge is -2.05. The molecule has 3 aromatic rings. The average molecular weight is 265 g/mol. The highest BCUT2D eigenvalue weighted by molar-refractivity contribution is 6.06. The van der Waals surface area contributed by atoms with Crippen molar-refractivity contribution in [1.29, 1.82) is 0 Å². The summed E-state index contributed by atoms with van der Waals surface area (Å²) in [5, 5.41) is 0.961. The van der Waals surface area contributed by atoms with Gasteiger partial charge in [-0.2, -0.15) is 0 Å². The van der Waals surface area contributed by atoms with E-state index in [1.165, 1.54) is 0 Å². The molecule has 1 heterocycles. The van der Waals surface area contributed by atoms with Crippen LogP contribution in [0.5, 0.6) is 0 Å². The van der Waals surface area contributed by atoms with Gasteiger partial charge in [0, 0.05) is 23.2 Å². The third-order valence-electron chi connectivity index (χ3n) is 3.45. The summed E-state index contributed by atoms with van der Waals surface area (Å²) >= 11 is 0. The second-order valence-electron chi connectivity index (χ2n) is 4.68. The maximum atomic E-state index is 11.5. The van der Waals surface area contributed by atoms with Gasteiger partial charge in [0.2, 0.25) is 0 Å². The Kier molecular flexibility index (Phi) is 3.00. The highest BCUT2D eigenvalue weighted by Gasteiger charge is 2.11. The Morgan fingerprint density at radius 3 is 2.65 bits per heavy atom. The van der Waals surface area contributed by atoms with E-state index in [9.17, 15) is 4.79 Å². The number of carbonyl (C=O) groups is 1. The molecule has 1 aromatic heterocycles. The molecule has 2 aromatic carbocycles. The maximum Gasteiger partial charge on any atom is 0.250 e. The second kappa shape index (κ2) is 4.83. The van der Waals surface area contributed by atoms with Crippen molar-refractivity contribution in [3.05, 3.63) is 59.7 Å². The first-order chi connectivity index (χ1) is 9.70. The Bertz CT molecular complexity index is 789. The molecule has 0 atom stereocenters. The molecule has 0 saturated carbocycles. The van der Waals surface area contributed by atoms with Crippen molar-refractivity contribution in [2.75, 3.05) is 0 Å². The molecule has 0 bridgehead atoms. The quantitative estimate of drug-likeness (QED) is 0.679. The van der Waals surface area contributed by atoms with Gasteiger partial charge < -0.3 is 16.5 Å². The van der Waals surface area contributed by atoms with Crippen LogP contribution in [-0.4, -0.2) is 10.9 Å². The standard InChI is InChI=1S/C16H15N3O/c17-9-11-4-1-2-6-12(11)14-8-10-5-3-7-13(16(18)20)15(10)19-14/h1-8,19H,9,17H2,(H2,18,20). The van der Waals surface area contributed by atoms with Gasteiger partial charge in [0.05, 0.1) is 11.1 Å². The molecule has 0 unspecified atom stereocenters. The van der Waals surface area contributed by atoms with E-state index in [0.717, 1.165) is 27.7 Å². The Labute approximate surface area is 116 Å². The molecule has 5 N–H and O–H groups in total. The maximum absolute atomic E-state index is 11.5. The third kappa shape index (κ3) is 1.96. The monoisotopic (exact) mass is 265 g/mol. The zero-order chi connectivity index (χ0) is 14.1. The minimum absolute atomic E-state index is 0.434. The minimum Gasteiger partial charge on any atom is -0.366 e. The van der Waals surface area contributed by atoms with Crippen molar-refractivity contribution in [2.45, 2.75) is 6.54 Å². The number of para-hydroxylation sites is 1. The number of benzene rings is 2. The van der Waals surface area contributed by atoms with Crippen LogP contribution in [0, 0.1) is 0 Å². The van der Waals surface area contributed by atoms with E-state index in [0.29, 0.717) is 12.1 Å². The van der Waals surface area contributed by atoms with Gasteiger partial charge in [-0.1, -0.05) is 36.4 Å². The number of nitrogens with one attached hydrogen (secondary N) is 1. The lowest BCUT2D eigenvalue weighted by molar-refractivity contribution is 0.100. The van der Waals surface area contributed by atoms with Crippen molar-refractivity contribution >= 4 is 16.8 Å². The number of H-pyrrole nitrogens is 1. The molecule has 20 heavy (non-hydrogen) atoms. The molecule has 0 aliphatic carbocycles. The largest absolute Gasteiger partial charge is 0.366 e. The first-order valence-electron chi connectivity index (χ1n) is 6.40. The van der Waals surface area contributed by atoms with Crippen LogP contribution in [-0.2, 0) is 6.54 Å². The average Bonchev–Trinajstić information content (AvgIpc) is 2.90. The van der Waals surface area contributed by atoms with Gasteiger partial charge in [-0.25, -0.2) is 0 Å². The number of fused-ring (bicyclic) bond motifs is 1.